The highest BCUT2D eigenvalue weighted by molar-refractivity contribution is 7.89. The monoisotopic (exact) mass is 366 g/mol. The smallest absolute Gasteiger partial charge is 0.241 e. The van der Waals surface area contributed by atoms with Crippen LogP contribution in [0.15, 0.2) is 59.5 Å². The average Bonchev–Trinajstić information content (AvgIpc) is 2.59. The largest absolute Gasteiger partial charge is 0.338 e. The van der Waals surface area contributed by atoms with Gasteiger partial charge in [-0.15, -0.1) is 0 Å². The summed E-state index contributed by atoms with van der Waals surface area (Å²) in [6.07, 6.45) is 0. The molecule has 0 radical (unpaired) electrons. The molecule has 2 aromatic carbocycles. The second kappa shape index (κ2) is 8.28. The zero-order chi connectivity index (χ0) is 17.6. The van der Waals surface area contributed by atoms with Gasteiger partial charge in [-0.25, -0.2) is 13.1 Å². The lowest BCUT2D eigenvalue weighted by atomic mass is 10.2. The maximum absolute atomic E-state index is 12.3. The molecule has 0 atom stereocenters. The standard InChI is InChI=1S/C17H19ClN2O3S/c1-2-20(13-14-6-4-3-5-7-14)17(21)12-19-24(22,23)16-10-8-15(18)9-11-16/h3-11,19H,2,12-13H2,1H3. The van der Waals surface area contributed by atoms with Crippen LogP contribution in [0.1, 0.15) is 12.5 Å². The number of hydrogen-bond acceptors (Lipinski definition) is 3. The van der Waals surface area contributed by atoms with Crippen molar-refractivity contribution in [2.45, 2.75) is 18.4 Å². The highest BCUT2D eigenvalue weighted by Gasteiger charge is 2.18. The van der Waals surface area contributed by atoms with Gasteiger partial charge in [0.05, 0.1) is 11.4 Å². The second-order valence-electron chi connectivity index (χ2n) is 5.17. The first-order valence-corrected chi connectivity index (χ1v) is 9.35. The quantitative estimate of drug-likeness (QED) is 0.819. The first-order chi connectivity index (χ1) is 11.4. The van der Waals surface area contributed by atoms with E-state index in [0.717, 1.165) is 5.56 Å². The van der Waals surface area contributed by atoms with Gasteiger partial charge in [-0.1, -0.05) is 41.9 Å². The summed E-state index contributed by atoms with van der Waals surface area (Å²) in [7, 11) is -3.74. The van der Waals surface area contributed by atoms with Crippen LogP contribution in [0, 0.1) is 0 Å². The molecule has 2 aromatic rings. The van der Waals surface area contributed by atoms with E-state index in [1.54, 1.807) is 4.90 Å². The SMILES string of the molecule is CCN(Cc1ccccc1)C(=O)CNS(=O)(=O)c1ccc(Cl)cc1. The topological polar surface area (TPSA) is 66.5 Å². The van der Waals surface area contributed by atoms with Crippen LogP contribution >= 0.6 is 11.6 Å². The van der Waals surface area contributed by atoms with Gasteiger partial charge in [0.1, 0.15) is 0 Å². The minimum Gasteiger partial charge on any atom is -0.338 e. The number of likely N-dealkylation sites (N-methyl/N-ethyl adjacent to an activating group) is 1. The number of sulfonamides is 1. The van der Waals surface area contributed by atoms with Crippen LogP contribution in [-0.4, -0.2) is 32.3 Å². The summed E-state index contributed by atoms with van der Waals surface area (Å²) in [5.74, 6) is -0.279. The van der Waals surface area contributed by atoms with Gasteiger partial charge in [0.25, 0.3) is 0 Å². The lowest BCUT2D eigenvalue weighted by molar-refractivity contribution is -0.130. The van der Waals surface area contributed by atoms with E-state index in [0.29, 0.717) is 18.1 Å². The zero-order valence-corrected chi connectivity index (χ0v) is 14.8. The number of nitrogens with zero attached hydrogens (tertiary/aromatic N) is 1. The number of nitrogens with one attached hydrogen (secondary N) is 1. The Morgan fingerprint density at radius 1 is 1.08 bits per heavy atom. The normalized spacial score (nSPS) is 11.2. The summed E-state index contributed by atoms with van der Waals surface area (Å²) in [5, 5.41) is 0.449. The van der Waals surface area contributed by atoms with E-state index in [9.17, 15) is 13.2 Å². The molecule has 5 nitrogen and oxygen atoms in total. The van der Waals surface area contributed by atoms with Crippen molar-refractivity contribution in [3.63, 3.8) is 0 Å². The number of carbonyl (C=O) groups is 1. The number of halogens is 1. The molecular weight excluding hydrogens is 348 g/mol. The zero-order valence-electron chi connectivity index (χ0n) is 13.3. The molecule has 0 saturated heterocycles. The molecule has 0 fully saturated rings. The molecule has 7 heteroatoms. The van der Waals surface area contributed by atoms with E-state index in [1.807, 2.05) is 37.3 Å². The molecule has 0 unspecified atom stereocenters. The van der Waals surface area contributed by atoms with Gasteiger partial charge >= 0.3 is 0 Å². The molecule has 0 aliphatic carbocycles. The summed E-state index contributed by atoms with van der Waals surface area (Å²) in [4.78, 5) is 14.0. The van der Waals surface area contributed by atoms with Crippen LogP contribution in [0.2, 0.25) is 5.02 Å². The van der Waals surface area contributed by atoms with Crippen molar-refractivity contribution in [1.82, 2.24) is 9.62 Å². The van der Waals surface area contributed by atoms with E-state index < -0.39 is 10.0 Å². The highest BCUT2D eigenvalue weighted by atomic mass is 35.5. The van der Waals surface area contributed by atoms with Crippen LogP contribution in [0.25, 0.3) is 0 Å². The van der Waals surface area contributed by atoms with Crippen molar-refractivity contribution < 1.29 is 13.2 Å². The molecule has 1 amide bonds. The Morgan fingerprint density at radius 3 is 2.29 bits per heavy atom. The minimum atomic E-state index is -3.74. The predicted octanol–water partition coefficient (Wildman–Crippen LogP) is 2.67. The van der Waals surface area contributed by atoms with Crippen LogP contribution < -0.4 is 4.72 Å². The molecule has 0 aromatic heterocycles. The van der Waals surface area contributed by atoms with Gasteiger partial charge in [-0.2, -0.15) is 0 Å². The maximum Gasteiger partial charge on any atom is 0.241 e. The molecule has 0 bridgehead atoms. The third-order valence-electron chi connectivity index (χ3n) is 3.49. The Morgan fingerprint density at radius 2 is 1.71 bits per heavy atom. The summed E-state index contributed by atoms with van der Waals surface area (Å²) in [5.41, 5.74) is 0.994. The molecule has 1 N–H and O–H groups in total. The second-order valence-corrected chi connectivity index (χ2v) is 7.38. The van der Waals surface area contributed by atoms with Gasteiger partial charge in [-0.3, -0.25) is 4.79 Å². The molecule has 0 heterocycles. The lowest BCUT2D eigenvalue weighted by Crippen LogP contribution is -2.39. The Balaban J connectivity index is 1.99. The fraction of sp³-hybridized carbons (Fsp3) is 0.235. The summed E-state index contributed by atoms with van der Waals surface area (Å²) in [6, 6.07) is 15.3. The predicted molar refractivity (Wildman–Crippen MR) is 94.2 cm³/mol. The average molecular weight is 367 g/mol. The number of amides is 1. The van der Waals surface area contributed by atoms with Crippen LogP contribution in [0.5, 0.6) is 0 Å². The fourth-order valence-corrected chi connectivity index (χ4v) is 3.25. The summed E-state index contributed by atoms with van der Waals surface area (Å²) >= 11 is 5.75. The van der Waals surface area contributed by atoms with Gasteiger partial charge in [0.15, 0.2) is 0 Å². The summed E-state index contributed by atoms with van der Waals surface area (Å²) in [6.45, 7) is 2.51. The first kappa shape index (κ1) is 18.4. The number of hydrogen-bond donors (Lipinski definition) is 1. The van der Waals surface area contributed by atoms with Crippen LogP contribution in [0.4, 0.5) is 0 Å². The molecular formula is C17H19ClN2O3S. The molecule has 0 aliphatic heterocycles. The van der Waals surface area contributed by atoms with Crippen molar-refractivity contribution in [2.24, 2.45) is 0 Å². The molecule has 0 aliphatic rings. The van der Waals surface area contributed by atoms with E-state index in [2.05, 4.69) is 4.72 Å². The highest BCUT2D eigenvalue weighted by Crippen LogP contribution is 2.13. The fourth-order valence-electron chi connectivity index (χ4n) is 2.15. The van der Waals surface area contributed by atoms with Crippen molar-refractivity contribution in [1.29, 1.82) is 0 Å². The Bertz CT molecular complexity index is 777. The molecule has 24 heavy (non-hydrogen) atoms. The molecule has 128 valence electrons. The van der Waals surface area contributed by atoms with Crippen molar-refractivity contribution >= 4 is 27.5 Å². The van der Waals surface area contributed by atoms with E-state index in [-0.39, 0.29) is 17.3 Å². The molecule has 2 rings (SSSR count). The lowest BCUT2D eigenvalue weighted by Gasteiger charge is -2.21. The van der Waals surface area contributed by atoms with Crippen molar-refractivity contribution in [3.05, 3.63) is 65.2 Å². The van der Waals surface area contributed by atoms with Crippen LogP contribution in [-0.2, 0) is 21.4 Å². The third-order valence-corrected chi connectivity index (χ3v) is 5.16. The molecule has 0 saturated carbocycles. The van der Waals surface area contributed by atoms with Gasteiger partial charge in [-0.05, 0) is 36.8 Å². The first-order valence-electron chi connectivity index (χ1n) is 7.49. The number of carbonyl (C=O) groups excluding carboxylic acids is 1. The van der Waals surface area contributed by atoms with Crippen molar-refractivity contribution in [2.75, 3.05) is 13.1 Å². The number of rotatable bonds is 7. The minimum absolute atomic E-state index is 0.0748. The third kappa shape index (κ3) is 5.06. The van der Waals surface area contributed by atoms with Gasteiger partial charge in [0.2, 0.25) is 15.9 Å². The Kier molecular flexibility index (Phi) is 6.36. The van der Waals surface area contributed by atoms with E-state index in [4.69, 9.17) is 11.6 Å². The maximum atomic E-state index is 12.3. The van der Waals surface area contributed by atoms with Crippen molar-refractivity contribution in [3.8, 4) is 0 Å². The Hall–Kier alpha value is -1.89. The molecule has 0 spiro atoms. The number of benzene rings is 2. The Labute approximate surface area is 147 Å². The summed E-state index contributed by atoms with van der Waals surface area (Å²) < 4.78 is 26.7. The van der Waals surface area contributed by atoms with Gasteiger partial charge < -0.3 is 4.90 Å². The van der Waals surface area contributed by atoms with E-state index in [1.165, 1.54) is 24.3 Å². The van der Waals surface area contributed by atoms with E-state index >= 15 is 0 Å². The van der Waals surface area contributed by atoms with Gasteiger partial charge in [0, 0.05) is 18.1 Å². The van der Waals surface area contributed by atoms with Crippen LogP contribution in [0.3, 0.4) is 0 Å².